The zero-order valence-electron chi connectivity index (χ0n) is 26.2. The Morgan fingerprint density at radius 1 is 1.24 bits per heavy atom. The van der Waals surface area contributed by atoms with E-state index in [0.29, 0.717) is 38.5 Å². The summed E-state index contributed by atoms with van der Waals surface area (Å²) >= 11 is 0. The first-order valence-corrected chi connectivity index (χ1v) is 17.7. The fraction of sp³-hybridized carbons (Fsp3) is 0.576. The highest BCUT2D eigenvalue weighted by atomic mass is 32.2. The molecule has 4 bridgehead atoms. The largest absolute Gasteiger partial charge is 0.450 e. The van der Waals surface area contributed by atoms with E-state index < -0.39 is 68.7 Å². The van der Waals surface area contributed by atoms with Gasteiger partial charge in [-0.2, -0.15) is 0 Å². The van der Waals surface area contributed by atoms with Gasteiger partial charge in [0, 0.05) is 18.9 Å². The molecule has 4 aliphatic rings. The number of nitrogens with one attached hydrogen (secondary N) is 3. The molecule has 2 aliphatic heterocycles. The molecule has 2 aliphatic carbocycles. The Bertz CT molecular complexity index is 1480. The van der Waals surface area contributed by atoms with E-state index in [2.05, 4.69) is 21.9 Å². The SMILES string of the molecule is C=C[C@H]1C[C@]1(NC(=O)[C@@H]1C[C@@H]2CN1C(=O)[C@H](CCCC)NC(=O)OCCC/C=C/c1cccc(c1)CO2)C(=O)NS(=O)(=O)C1CC1. The van der Waals surface area contributed by atoms with E-state index in [1.165, 1.54) is 11.0 Å². The standard InChI is InChI=1S/C33H44N4O8S/c1-3-5-13-27-30(39)37-20-25(45-21-23-12-9-11-22(17-23)10-7-6-8-16-44-32(41)34-27)18-28(37)29(38)35-33(19-24(33)4-2)31(40)36-46(42,43)26-14-15-26/h4,7,9-12,17,24-28H,2-3,5-6,8,13-16,18-21H2,1H3,(H,34,41)(H,35,38)(H,36,40)/b10-7+/t24-,25+,27-,28-,33+/m0/s1. The number of carbonyl (C=O) groups is 4. The van der Waals surface area contributed by atoms with Crippen molar-refractivity contribution in [2.45, 2.75) is 100 Å². The monoisotopic (exact) mass is 656 g/mol. The van der Waals surface area contributed by atoms with Gasteiger partial charge in [0.2, 0.25) is 21.8 Å². The maximum Gasteiger partial charge on any atom is 0.407 e. The number of nitrogens with zero attached hydrogens (tertiary/aromatic N) is 1. The molecule has 1 aromatic rings. The highest BCUT2D eigenvalue weighted by Crippen LogP contribution is 2.45. The number of fused-ring (bicyclic) bond motifs is 4. The average molecular weight is 657 g/mol. The van der Waals surface area contributed by atoms with E-state index in [4.69, 9.17) is 9.47 Å². The van der Waals surface area contributed by atoms with E-state index in [-0.39, 0.29) is 32.6 Å². The average Bonchev–Trinajstić information content (AvgIpc) is 3.96. The number of alkyl carbamates (subject to hydrolysis) is 1. The first-order chi connectivity index (χ1) is 22.1. The molecule has 0 aromatic heterocycles. The minimum absolute atomic E-state index is 0.0933. The molecular formula is C33H44N4O8S. The van der Waals surface area contributed by atoms with E-state index in [1.54, 1.807) is 0 Å². The van der Waals surface area contributed by atoms with Crippen molar-refractivity contribution < 1.29 is 37.1 Å². The Morgan fingerprint density at radius 3 is 2.76 bits per heavy atom. The second kappa shape index (κ2) is 14.4. The van der Waals surface area contributed by atoms with Crippen LogP contribution in [0.5, 0.6) is 0 Å². The van der Waals surface area contributed by atoms with Gasteiger partial charge in [-0.05, 0) is 55.7 Å². The first kappa shape index (κ1) is 33.6. The van der Waals surface area contributed by atoms with Gasteiger partial charge in [-0.15, -0.1) is 6.58 Å². The lowest BCUT2D eigenvalue weighted by molar-refractivity contribution is -0.141. The van der Waals surface area contributed by atoms with Gasteiger partial charge in [-0.25, -0.2) is 13.2 Å². The number of unbranched alkanes of at least 4 members (excludes halogenated alkanes) is 1. The normalized spacial score (nSPS) is 29.4. The summed E-state index contributed by atoms with van der Waals surface area (Å²) in [6.45, 7) is 6.26. The summed E-state index contributed by atoms with van der Waals surface area (Å²) < 4.78 is 38.9. The van der Waals surface area contributed by atoms with Crippen LogP contribution in [0.4, 0.5) is 4.79 Å². The third-order valence-electron chi connectivity index (χ3n) is 9.03. The summed E-state index contributed by atoms with van der Waals surface area (Å²) in [5.41, 5.74) is 0.441. The smallest absolute Gasteiger partial charge is 0.407 e. The topological polar surface area (TPSA) is 160 Å². The summed E-state index contributed by atoms with van der Waals surface area (Å²) in [5, 5.41) is 4.88. The Labute approximate surface area is 270 Å². The number of cyclic esters (lactones) is 1. The molecule has 0 spiro atoms. The lowest BCUT2D eigenvalue weighted by atomic mass is 10.1. The number of hydrogen-bond acceptors (Lipinski definition) is 8. The molecule has 0 unspecified atom stereocenters. The van der Waals surface area contributed by atoms with Crippen LogP contribution in [0.2, 0.25) is 0 Å². The third kappa shape index (κ3) is 7.98. The van der Waals surface area contributed by atoms with Crippen molar-refractivity contribution in [1.29, 1.82) is 0 Å². The quantitative estimate of drug-likeness (QED) is 0.342. The van der Waals surface area contributed by atoms with Crippen LogP contribution in [0.1, 0.15) is 75.8 Å². The molecule has 4 amide bonds. The predicted octanol–water partition coefficient (Wildman–Crippen LogP) is 2.93. The number of amides is 4. The molecule has 13 heteroatoms. The molecule has 2 saturated carbocycles. The Kier molecular flexibility index (Phi) is 10.5. The molecule has 2 heterocycles. The fourth-order valence-electron chi connectivity index (χ4n) is 6.07. The zero-order valence-corrected chi connectivity index (χ0v) is 27.1. The van der Waals surface area contributed by atoms with Crippen molar-refractivity contribution in [3.8, 4) is 0 Å². The molecule has 1 saturated heterocycles. The molecule has 5 atom stereocenters. The lowest BCUT2D eigenvalue weighted by Gasteiger charge is -2.29. The van der Waals surface area contributed by atoms with Crippen LogP contribution in [0.25, 0.3) is 6.08 Å². The van der Waals surface area contributed by atoms with Crippen molar-refractivity contribution in [1.82, 2.24) is 20.3 Å². The van der Waals surface area contributed by atoms with Crippen molar-refractivity contribution >= 4 is 39.9 Å². The Morgan fingerprint density at radius 2 is 2.04 bits per heavy atom. The van der Waals surface area contributed by atoms with Crippen molar-refractivity contribution in [2.75, 3.05) is 13.2 Å². The molecule has 250 valence electrons. The van der Waals surface area contributed by atoms with Crippen molar-refractivity contribution in [2.24, 2.45) is 5.92 Å². The molecule has 3 N–H and O–H groups in total. The van der Waals surface area contributed by atoms with Crippen LogP contribution < -0.4 is 15.4 Å². The third-order valence-corrected chi connectivity index (χ3v) is 10.8. The van der Waals surface area contributed by atoms with E-state index in [1.807, 2.05) is 43.3 Å². The zero-order chi connectivity index (χ0) is 32.9. The summed E-state index contributed by atoms with van der Waals surface area (Å²) in [4.78, 5) is 55.4. The maximum absolute atomic E-state index is 14.0. The number of rotatable bonds is 9. The number of hydrogen-bond donors (Lipinski definition) is 3. The lowest BCUT2D eigenvalue weighted by Crippen LogP contribution is -2.58. The van der Waals surface area contributed by atoms with Gasteiger partial charge in [0.05, 0.1) is 24.6 Å². The molecular weight excluding hydrogens is 612 g/mol. The number of carbonyl (C=O) groups excluding carboxylic acids is 4. The minimum Gasteiger partial charge on any atom is -0.450 e. The van der Waals surface area contributed by atoms with Crippen molar-refractivity contribution in [3.05, 3.63) is 54.1 Å². The summed E-state index contributed by atoms with van der Waals surface area (Å²) in [5.74, 6) is -2.33. The van der Waals surface area contributed by atoms with Gasteiger partial charge >= 0.3 is 6.09 Å². The van der Waals surface area contributed by atoms with Crippen LogP contribution in [0.15, 0.2) is 43.0 Å². The van der Waals surface area contributed by atoms with Gasteiger partial charge in [-0.3, -0.25) is 19.1 Å². The number of benzene rings is 1. The van der Waals surface area contributed by atoms with Gasteiger partial charge in [0.1, 0.15) is 17.6 Å². The fourth-order valence-corrected chi connectivity index (χ4v) is 7.43. The second-order valence-corrected chi connectivity index (χ2v) is 14.6. The van der Waals surface area contributed by atoms with Gasteiger partial charge in [-0.1, -0.05) is 56.2 Å². The molecule has 12 nitrogen and oxygen atoms in total. The first-order valence-electron chi connectivity index (χ1n) is 16.2. The van der Waals surface area contributed by atoms with Gasteiger partial charge in [0.25, 0.3) is 5.91 Å². The second-order valence-electron chi connectivity index (χ2n) is 12.6. The van der Waals surface area contributed by atoms with Crippen molar-refractivity contribution in [3.63, 3.8) is 0 Å². The summed E-state index contributed by atoms with van der Waals surface area (Å²) in [6, 6.07) is 5.91. The number of allylic oxidation sites excluding steroid dienone is 1. The van der Waals surface area contributed by atoms with Crippen LogP contribution in [0, 0.1) is 5.92 Å². The molecule has 0 radical (unpaired) electrons. The van der Waals surface area contributed by atoms with Crippen LogP contribution in [-0.4, -0.2) is 79.3 Å². The molecule has 5 rings (SSSR count). The Balaban J connectivity index is 1.39. The van der Waals surface area contributed by atoms with E-state index >= 15 is 0 Å². The molecule has 1 aromatic carbocycles. The van der Waals surface area contributed by atoms with Crippen LogP contribution in [-0.2, 0) is 40.5 Å². The van der Waals surface area contributed by atoms with Gasteiger partial charge < -0.3 is 25.0 Å². The van der Waals surface area contributed by atoms with Crippen LogP contribution in [0.3, 0.4) is 0 Å². The van der Waals surface area contributed by atoms with E-state index in [0.717, 1.165) is 17.5 Å². The molecule has 3 fully saturated rings. The molecule has 46 heavy (non-hydrogen) atoms. The summed E-state index contributed by atoms with van der Waals surface area (Å²) in [6.07, 6.45) is 8.72. The Hall–Kier alpha value is -3.71. The predicted molar refractivity (Wildman–Crippen MR) is 170 cm³/mol. The minimum atomic E-state index is -3.85. The van der Waals surface area contributed by atoms with E-state index in [9.17, 15) is 27.6 Å². The van der Waals surface area contributed by atoms with Crippen LogP contribution >= 0.6 is 0 Å². The number of sulfonamides is 1. The van der Waals surface area contributed by atoms with Gasteiger partial charge in [0.15, 0.2) is 0 Å². The maximum atomic E-state index is 14.0. The highest BCUT2D eigenvalue weighted by Gasteiger charge is 2.62. The number of ether oxygens (including phenoxy) is 2. The summed E-state index contributed by atoms with van der Waals surface area (Å²) in [7, 11) is -3.85. The highest BCUT2D eigenvalue weighted by molar-refractivity contribution is 7.91.